The summed E-state index contributed by atoms with van der Waals surface area (Å²) in [5.41, 5.74) is 2.39. The molecule has 2 aromatic heterocycles. The number of aryl methyl sites for hydroxylation is 2. The molecular formula is C14H13BrN2O2S. The van der Waals surface area contributed by atoms with Crippen molar-refractivity contribution in [1.29, 1.82) is 0 Å². The first-order valence-electron chi connectivity index (χ1n) is 6.07. The number of hydrogen-bond donors (Lipinski definition) is 1. The molecule has 104 valence electrons. The Kier molecular flexibility index (Phi) is 3.32. The van der Waals surface area contributed by atoms with Crippen LogP contribution in [0, 0.1) is 0 Å². The van der Waals surface area contributed by atoms with E-state index in [0.717, 1.165) is 25.9 Å². The lowest BCUT2D eigenvalue weighted by molar-refractivity contribution is 0.223. The maximum atomic E-state index is 11.9. The average molecular weight is 353 g/mol. The van der Waals surface area contributed by atoms with Crippen LogP contribution in [-0.2, 0) is 14.1 Å². The standard InChI is InChI=1S/C14H13BrN2O2S/c1-16-10-4-3-8(7-11(10)17(2)14(16)19)12(18)13-9(15)5-6-20-13/h3-7,12,18H,1-2H3. The molecule has 4 nitrogen and oxygen atoms in total. The lowest BCUT2D eigenvalue weighted by atomic mass is 10.1. The molecule has 2 heterocycles. The molecule has 0 amide bonds. The molecule has 0 fully saturated rings. The molecule has 0 aliphatic heterocycles. The molecule has 0 spiro atoms. The lowest BCUT2D eigenvalue weighted by Crippen LogP contribution is -2.19. The van der Waals surface area contributed by atoms with E-state index in [-0.39, 0.29) is 5.69 Å². The second kappa shape index (κ2) is 4.87. The van der Waals surface area contributed by atoms with Crippen LogP contribution >= 0.6 is 27.3 Å². The van der Waals surface area contributed by atoms with Crippen LogP contribution in [0.25, 0.3) is 11.0 Å². The van der Waals surface area contributed by atoms with Crippen LogP contribution in [0.1, 0.15) is 16.5 Å². The van der Waals surface area contributed by atoms with Gasteiger partial charge in [0, 0.05) is 18.6 Å². The normalized spacial score (nSPS) is 13.0. The molecule has 3 rings (SSSR count). The Morgan fingerprint density at radius 3 is 2.55 bits per heavy atom. The molecule has 1 unspecified atom stereocenters. The SMILES string of the molecule is Cn1c(=O)n(C)c2cc(C(O)c3sccc3Br)ccc21. The first kappa shape index (κ1) is 13.6. The number of aliphatic hydroxyl groups excluding tert-OH is 1. The van der Waals surface area contributed by atoms with Crippen LogP contribution in [-0.4, -0.2) is 14.2 Å². The Morgan fingerprint density at radius 1 is 1.20 bits per heavy atom. The van der Waals surface area contributed by atoms with Gasteiger partial charge in [-0.05, 0) is 45.1 Å². The quantitative estimate of drug-likeness (QED) is 0.770. The second-order valence-corrected chi connectivity index (χ2v) is 6.49. The number of halogens is 1. The van der Waals surface area contributed by atoms with Gasteiger partial charge in [-0.3, -0.25) is 9.13 Å². The highest BCUT2D eigenvalue weighted by molar-refractivity contribution is 9.10. The van der Waals surface area contributed by atoms with Crippen molar-refractivity contribution in [2.45, 2.75) is 6.10 Å². The largest absolute Gasteiger partial charge is 0.383 e. The minimum atomic E-state index is -0.691. The van der Waals surface area contributed by atoms with Crippen LogP contribution in [0.4, 0.5) is 0 Å². The zero-order chi connectivity index (χ0) is 14.4. The van der Waals surface area contributed by atoms with E-state index in [1.807, 2.05) is 29.6 Å². The highest BCUT2D eigenvalue weighted by atomic mass is 79.9. The van der Waals surface area contributed by atoms with Gasteiger partial charge < -0.3 is 5.11 Å². The van der Waals surface area contributed by atoms with Gasteiger partial charge in [0.1, 0.15) is 6.10 Å². The van der Waals surface area contributed by atoms with E-state index in [1.54, 1.807) is 23.2 Å². The Balaban J connectivity index is 2.17. The summed E-state index contributed by atoms with van der Waals surface area (Å²) in [4.78, 5) is 12.8. The molecule has 6 heteroatoms. The highest BCUT2D eigenvalue weighted by Crippen LogP contribution is 2.33. The second-order valence-electron chi connectivity index (χ2n) is 4.68. The molecule has 0 bridgehead atoms. The molecule has 0 aliphatic rings. The summed E-state index contributed by atoms with van der Waals surface area (Å²) in [5, 5.41) is 12.4. The van der Waals surface area contributed by atoms with Gasteiger partial charge in [-0.2, -0.15) is 0 Å². The summed E-state index contributed by atoms with van der Waals surface area (Å²) in [6.45, 7) is 0. The molecule has 0 saturated carbocycles. The number of benzene rings is 1. The lowest BCUT2D eigenvalue weighted by Gasteiger charge is -2.10. The first-order valence-corrected chi connectivity index (χ1v) is 7.74. The summed E-state index contributed by atoms with van der Waals surface area (Å²) in [5.74, 6) is 0. The first-order chi connectivity index (χ1) is 9.50. The zero-order valence-electron chi connectivity index (χ0n) is 11.0. The predicted octanol–water partition coefficient (Wildman–Crippen LogP) is 2.78. The fourth-order valence-corrected chi connectivity index (χ4v) is 3.95. The topological polar surface area (TPSA) is 47.2 Å². The van der Waals surface area contributed by atoms with Gasteiger partial charge in [-0.25, -0.2) is 4.79 Å². The third-order valence-corrected chi connectivity index (χ3v) is 5.43. The van der Waals surface area contributed by atoms with Crippen molar-refractivity contribution in [2.24, 2.45) is 14.1 Å². The Morgan fingerprint density at radius 2 is 1.90 bits per heavy atom. The third kappa shape index (κ3) is 1.95. The summed E-state index contributed by atoms with van der Waals surface area (Å²) >= 11 is 4.94. The van der Waals surface area contributed by atoms with E-state index in [0.29, 0.717) is 0 Å². The number of fused-ring (bicyclic) bond motifs is 1. The summed E-state index contributed by atoms with van der Waals surface area (Å²) in [7, 11) is 3.48. The van der Waals surface area contributed by atoms with Gasteiger partial charge in [0.2, 0.25) is 0 Å². The number of aliphatic hydroxyl groups is 1. The number of imidazole rings is 1. The van der Waals surface area contributed by atoms with E-state index in [9.17, 15) is 9.90 Å². The van der Waals surface area contributed by atoms with Crippen molar-refractivity contribution in [3.63, 3.8) is 0 Å². The highest BCUT2D eigenvalue weighted by Gasteiger charge is 2.17. The molecule has 0 saturated heterocycles. The average Bonchev–Trinajstić information content (AvgIpc) is 2.97. The van der Waals surface area contributed by atoms with Crippen molar-refractivity contribution >= 4 is 38.3 Å². The number of rotatable bonds is 2. The van der Waals surface area contributed by atoms with E-state index >= 15 is 0 Å². The van der Waals surface area contributed by atoms with Crippen molar-refractivity contribution in [2.75, 3.05) is 0 Å². The van der Waals surface area contributed by atoms with Crippen molar-refractivity contribution in [1.82, 2.24) is 9.13 Å². The van der Waals surface area contributed by atoms with E-state index in [2.05, 4.69) is 15.9 Å². The maximum absolute atomic E-state index is 11.9. The predicted molar refractivity (Wildman–Crippen MR) is 84.2 cm³/mol. The number of hydrogen-bond acceptors (Lipinski definition) is 3. The Bertz CT molecular complexity index is 847. The van der Waals surface area contributed by atoms with Gasteiger partial charge >= 0.3 is 5.69 Å². The summed E-state index contributed by atoms with van der Waals surface area (Å²) in [6.07, 6.45) is -0.691. The monoisotopic (exact) mass is 352 g/mol. The van der Waals surface area contributed by atoms with Crippen LogP contribution in [0.2, 0.25) is 0 Å². The minimum Gasteiger partial charge on any atom is -0.383 e. The minimum absolute atomic E-state index is 0.0658. The molecule has 1 atom stereocenters. The molecular weight excluding hydrogens is 340 g/mol. The Labute approximate surface area is 128 Å². The molecule has 1 N–H and O–H groups in total. The van der Waals surface area contributed by atoms with Crippen LogP contribution in [0.5, 0.6) is 0 Å². The number of nitrogens with zero attached hydrogens (tertiary/aromatic N) is 2. The molecule has 20 heavy (non-hydrogen) atoms. The van der Waals surface area contributed by atoms with Crippen molar-refractivity contribution in [3.8, 4) is 0 Å². The molecule has 1 aromatic carbocycles. The van der Waals surface area contributed by atoms with Gasteiger partial charge in [-0.1, -0.05) is 6.07 Å². The van der Waals surface area contributed by atoms with E-state index in [4.69, 9.17) is 0 Å². The summed E-state index contributed by atoms with van der Waals surface area (Å²) in [6, 6.07) is 7.52. The number of thiophene rings is 1. The number of aromatic nitrogens is 2. The van der Waals surface area contributed by atoms with Gasteiger partial charge in [0.25, 0.3) is 0 Å². The van der Waals surface area contributed by atoms with Crippen LogP contribution < -0.4 is 5.69 Å². The fourth-order valence-electron chi connectivity index (χ4n) is 2.35. The van der Waals surface area contributed by atoms with E-state index in [1.165, 1.54) is 11.3 Å². The Hall–Kier alpha value is -1.37. The van der Waals surface area contributed by atoms with Gasteiger partial charge in [0.15, 0.2) is 0 Å². The smallest absolute Gasteiger partial charge is 0.328 e. The molecule has 0 radical (unpaired) electrons. The van der Waals surface area contributed by atoms with Crippen LogP contribution in [0.15, 0.2) is 38.9 Å². The fraction of sp³-hybridized carbons (Fsp3) is 0.214. The summed E-state index contributed by atoms with van der Waals surface area (Å²) < 4.78 is 4.10. The third-order valence-electron chi connectivity index (χ3n) is 3.50. The molecule has 3 aromatic rings. The van der Waals surface area contributed by atoms with Crippen molar-refractivity contribution < 1.29 is 5.11 Å². The van der Waals surface area contributed by atoms with Gasteiger partial charge in [-0.15, -0.1) is 11.3 Å². The van der Waals surface area contributed by atoms with Gasteiger partial charge in [0.05, 0.1) is 15.9 Å². The zero-order valence-corrected chi connectivity index (χ0v) is 13.4. The van der Waals surface area contributed by atoms with Crippen LogP contribution in [0.3, 0.4) is 0 Å². The maximum Gasteiger partial charge on any atom is 0.328 e. The molecule has 0 aliphatic carbocycles. The van der Waals surface area contributed by atoms with E-state index < -0.39 is 6.10 Å². The van der Waals surface area contributed by atoms with Crippen molar-refractivity contribution in [3.05, 3.63) is 55.0 Å².